The lowest BCUT2D eigenvalue weighted by atomic mass is 9.86. The highest BCUT2D eigenvalue weighted by molar-refractivity contribution is 6.27. The van der Waals surface area contributed by atoms with E-state index < -0.39 is 11.8 Å². The van der Waals surface area contributed by atoms with Crippen LogP contribution in [0.3, 0.4) is 0 Å². The molecule has 0 aliphatic carbocycles. The van der Waals surface area contributed by atoms with Gasteiger partial charge >= 0.3 is 0 Å². The molecule has 2 bridgehead atoms. The second kappa shape index (κ2) is 6.63. The number of Topliss-reactive ketones (excluding diaryl/α,β-unsaturated/α-hetero) is 1. The number of benzene rings is 1. The Balaban J connectivity index is 1.38. The fourth-order valence-corrected chi connectivity index (χ4v) is 5.22. The molecule has 2 N–H and O–H groups in total. The van der Waals surface area contributed by atoms with Crippen molar-refractivity contribution < 1.29 is 18.8 Å². The van der Waals surface area contributed by atoms with Crippen molar-refractivity contribution in [1.29, 1.82) is 0 Å². The number of hydrogen-bond acceptors (Lipinski definition) is 6. The van der Waals surface area contributed by atoms with Crippen molar-refractivity contribution in [2.75, 3.05) is 24.5 Å². The van der Waals surface area contributed by atoms with Gasteiger partial charge in [0.2, 0.25) is 5.78 Å². The molecule has 4 aliphatic rings. The minimum atomic E-state index is -0.463. The summed E-state index contributed by atoms with van der Waals surface area (Å²) < 4.78 is 14.8. The maximum atomic E-state index is 14.8. The molecule has 0 radical (unpaired) electrons. The smallest absolute Gasteiger partial charge is 0.254 e. The van der Waals surface area contributed by atoms with Crippen molar-refractivity contribution in [2.45, 2.75) is 50.0 Å². The van der Waals surface area contributed by atoms with Crippen molar-refractivity contribution in [1.82, 2.24) is 15.5 Å². The summed E-state index contributed by atoms with van der Waals surface area (Å²) >= 11 is 0. The highest BCUT2D eigenvalue weighted by atomic mass is 19.1. The second-order valence-corrected chi connectivity index (χ2v) is 8.18. The average Bonchev–Trinajstić information content (AvgIpc) is 3.06. The van der Waals surface area contributed by atoms with Crippen LogP contribution < -0.4 is 15.5 Å². The topological polar surface area (TPSA) is 81.8 Å². The van der Waals surface area contributed by atoms with E-state index in [1.165, 1.54) is 6.07 Å². The molecule has 0 saturated carbocycles. The molecule has 4 aliphatic heterocycles. The van der Waals surface area contributed by atoms with Gasteiger partial charge in [0.1, 0.15) is 5.82 Å². The van der Waals surface area contributed by atoms with Crippen LogP contribution in [0.4, 0.5) is 10.1 Å². The Labute approximate surface area is 162 Å². The maximum absolute atomic E-state index is 14.8. The highest BCUT2D eigenvalue weighted by Crippen LogP contribution is 2.42. The Morgan fingerprint density at radius 3 is 2.57 bits per heavy atom. The molecular weight excluding hydrogens is 363 g/mol. The van der Waals surface area contributed by atoms with E-state index in [-0.39, 0.29) is 29.8 Å². The van der Waals surface area contributed by atoms with Gasteiger partial charge in [0.05, 0.1) is 11.7 Å². The summed E-state index contributed by atoms with van der Waals surface area (Å²) in [5.74, 6) is -0.785. The number of carbonyl (C=O) groups excluding carboxylic acids is 3. The molecule has 7 nitrogen and oxygen atoms in total. The quantitative estimate of drug-likeness (QED) is 0.569. The van der Waals surface area contributed by atoms with Gasteiger partial charge in [-0.2, -0.15) is 0 Å². The minimum Gasteiger partial charge on any atom is -0.360 e. The van der Waals surface area contributed by atoms with Crippen molar-refractivity contribution in [3.63, 3.8) is 0 Å². The normalized spacial score (nSPS) is 31.4. The van der Waals surface area contributed by atoms with E-state index in [1.807, 2.05) is 0 Å². The number of fused-ring (bicyclic) bond motifs is 3. The molecule has 3 fully saturated rings. The summed E-state index contributed by atoms with van der Waals surface area (Å²) in [5, 5.41) is 6.44. The first-order valence-electron chi connectivity index (χ1n) is 9.92. The van der Waals surface area contributed by atoms with Gasteiger partial charge in [0.15, 0.2) is 6.29 Å². The maximum Gasteiger partial charge on any atom is 0.254 e. The van der Waals surface area contributed by atoms with Crippen LogP contribution in [0, 0.1) is 5.82 Å². The molecule has 5 rings (SSSR count). The van der Waals surface area contributed by atoms with Crippen LogP contribution in [-0.2, 0) is 16.1 Å². The highest BCUT2D eigenvalue weighted by Gasteiger charge is 2.46. The van der Waals surface area contributed by atoms with Crippen molar-refractivity contribution in [2.24, 2.45) is 0 Å². The Kier molecular flexibility index (Phi) is 4.21. The number of piperazine rings is 1. The number of amides is 1. The van der Waals surface area contributed by atoms with Crippen molar-refractivity contribution in [3.05, 3.63) is 29.1 Å². The third kappa shape index (κ3) is 2.58. The molecule has 3 saturated heterocycles. The number of hydrogen-bond donors (Lipinski definition) is 2. The number of aldehydes is 1. The lowest BCUT2D eigenvalue weighted by Crippen LogP contribution is -2.68. The van der Waals surface area contributed by atoms with E-state index >= 15 is 0 Å². The molecule has 0 aromatic heterocycles. The van der Waals surface area contributed by atoms with Crippen molar-refractivity contribution in [3.8, 4) is 0 Å². The molecule has 1 amide bonds. The predicted molar refractivity (Wildman–Crippen MR) is 99.7 cm³/mol. The standard InChI is InChI=1S/C20H23FN4O3/c21-16-3-2-14-15(19(16)25-12-5-13(25)7-22-6-12)9-24(20(14)28)11-1-4-17(23-8-11)18(27)10-26/h2-3,10-13,17,22-23H,1,4-9H2. The lowest BCUT2D eigenvalue weighted by molar-refractivity contribution is -0.131. The number of anilines is 1. The number of piperidine rings is 2. The van der Waals surface area contributed by atoms with Crippen LogP contribution in [0.5, 0.6) is 0 Å². The molecule has 4 unspecified atom stereocenters. The Morgan fingerprint density at radius 2 is 1.93 bits per heavy atom. The Morgan fingerprint density at radius 1 is 1.14 bits per heavy atom. The number of halogens is 1. The monoisotopic (exact) mass is 386 g/mol. The van der Waals surface area contributed by atoms with Gasteiger partial charge in [0, 0.05) is 55.4 Å². The summed E-state index contributed by atoms with van der Waals surface area (Å²) in [6.07, 6.45) is 2.58. The number of ketones is 1. The van der Waals surface area contributed by atoms with E-state index in [1.54, 1.807) is 11.0 Å². The van der Waals surface area contributed by atoms with Gasteiger partial charge in [0.25, 0.3) is 5.91 Å². The molecule has 148 valence electrons. The van der Waals surface area contributed by atoms with Crippen LogP contribution in [0.1, 0.15) is 35.2 Å². The van der Waals surface area contributed by atoms with Crippen LogP contribution in [0.2, 0.25) is 0 Å². The zero-order valence-corrected chi connectivity index (χ0v) is 15.5. The Hall–Kier alpha value is -2.32. The van der Waals surface area contributed by atoms with E-state index in [4.69, 9.17) is 0 Å². The van der Waals surface area contributed by atoms with Gasteiger partial charge < -0.3 is 20.4 Å². The zero-order valence-electron chi connectivity index (χ0n) is 15.5. The molecule has 0 spiro atoms. The summed E-state index contributed by atoms with van der Waals surface area (Å²) in [6.45, 7) is 2.54. The second-order valence-electron chi connectivity index (χ2n) is 8.18. The Bertz CT molecular complexity index is 838. The van der Waals surface area contributed by atoms with Crippen LogP contribution in [0.25, 0.3) is 0 Å². The lowest BCUT2D eigenvalue weighted by Gasteiger charge is -2.55. The number of nitrogens with zero attached hydrogens (tertiary/aromatic N) is 2. The van der Waals surface area contributed by atoms with E-state index in [2.05, 4.69) is 15.5 Å². The van der Waals surface area contributed by atoms with Crippen LogP contribution in [-0.4, -0.2) is 66.7 Å². The molecular formula is C20H23FN4O3. The first kappa shape index (κ1) is 17.8. The SMILES string of the molecule is O=CC(=O)C1CCC(N2Cc3c(ccc(F)c3N3C4CNCC3C4)C2=O)CN1. The number of rotatable bonds is 4. The molecule has 1 aromatic rings. The number of carbonyl (C=O) groups is 3. The molecule has 28 heavy (non-hydrogen) atoms. The molecule has 8 heteroatoms. The largest absolute Gasteiger partial charge is 0.360 e. The van der Waals surface area contributed by atoms with Crippen LogP contribution in [0.15, 0.2) is 12.1 Å². The van der Waals surface area contributed by atoms with Gasteiger partial charge in [-0.15, -0.1) is 0 Å². The van der Waals surface area contributed by atoms with E-state index in [0.717, 1.165) is 25.1 Å². The third-order valence-corrected chi connectivity index (χ3v) is 6.69. The molecule has 4 atom stereocenters. The fraction of sp³-hybridized carbons (Fsp3) is 0.550. The first-order chi connectivity index (χ1) is 13.6. The fourth-order valence-electron chi connectivity index (χ4n) is 5.22. The molecule has 1 aromatic carbocycles. The summed E-state index contributed by atoms with van der Waals surface area (Å²) in [4.78, 5) is 39.2. The predicted octanol–water partition coefficient (Wildman–Crippen LogP) is 0.221. The third-order valence-electron chi connectivity index (χ3n) is 6.69. The van der Waals surface area contributed by atoms with Gasteiger partial charge in [-0.1, -0.05) is 0 Å². The summed E-state index contributed by atoms with van der Waals surface area (Å²) in [5.41, 5.74) is 1.96. The zero-order chi connectivity index (χ0) is 19.4. The average molecular weight is 386 g/mol. The first-order valence-corrected chi connectivity index (χ1v) is 9.92. The van der Waals surface area contributed by atoms with Gasteiger partial charge in [-0.25, -0.2) is 4.39 Å². The van der Waals surface area contributed by atoms with Crippen LogP contribution >= 0.6 is 0 Å². The summed E-state index contributed by atoms with van der Waals surface area (Å²) in [7, 11) is 0. The van der Waals surface area contributed by atoms with Gasteiger partial charge in [-0.05, 0) is 31.4 Å². The molecule has 4 heterocycles. The number of nitrogens with one attached hydrogen (secondary N) is 2. The summed E-state index contributed by atoms with van der Waals surface area (Å²) in [6, 6.07) is 3.05. The van der Waals surface area contributed by atoms with E-state index in [9.17, 15) is 18.8 Å². The minimum absolute atomic E-state index is 0.0657. The van der Waals surface area contributed by atoms with Gasteiger partial charge in [-0.3, -0.25) is 14.4 Å². The van der Waals surface area contributed by atoms with Crippen molar-refractivity contribution >= 4 is 23.7 Å². The van der Waals surface area contributed by atoms with E-state index in [0.29, 0.717) is 43.5 Å².